The molecule has 0 aliphatic heterocycles. The molecular weight excluding hydrogens is 282 g/mol. The number of nitrogens with zero attached hydrogens (tertiary/aromatic N) is 4. The van der Waals surface area contributed by atoms with Crippen molar-refractivity contribution in [1.82, 2.24) is 19.9 Å². The highest BCUT2D eigenvalue weighted by Gasteiger charge is 2.12. The lowest BCUT2D eigenvalue weighted by Crippen LogP contribution is -2.09. The first kappa shape index (κ1) is 15.7. The Morgan fingerprint density at radius 1 is 1.10 bits per heavy atom. The molecule has 6 heteroatoms. The highest BCUT2D eigenvalue weighted by atomic mass is 32.2. The second kappa shape index (κ2) is 7.93. The van der Waals surface area contributed by atoms with Gasteiger partial charge in [-0.25, -0.2) is 19.9 Å². The fourth-order valence-corrected chi connectivity index (χ4v) is 2.62. The number of hydrogen-bond donors (Lipinski definition) is 1. The molecule has 0 bridgehead atoms. The molecule has 0 radical (unpaired) electrons. The van der Waals surface area contributed by atoms with Gasteiger partial charge in [0.25, 0.3) is 0 Å². The zero-order chi connectivity index (χ0) is 15.1. The average molecular weight is 303 g/mol. The van der Waals surface area contributed by atoms with E-state index >= 15 is 0 Å². The Balaban J connectivity index is 2.31. The highest BCUT2D eigenvalue weighted by Crippen LogP contribution is 2.29. The Bertz CT molecular complexity index is 574. The zero-order valence-electron chi connectivity index (χ0n) is 12.8. The molecule has 0 unspecified atom stereocenters. The Morgan fingerprint density at radius 2 is 1.86 bits per heavy atom. The third-order valence-corrected chi connectivity index (χ3v) is 3.88. The van der Waals surface area contributed by atoms with Crippen LogP contribution in [0.15, 0.2) is 28.6 Å². The number of rotatable bonds is 7. The van der Waals surface area contributed by atoms with E-state index in [9.17, 15) is 0 Å². The maximum atomic E-state index is 4.66. The molecule has 112 valence electrons. The second-order valence-corrected chi connectivity index (χ2v) is 5.68. The third-order valence-electron chi connectivity index (χ3n) is 2.89. The lowest BCUT2D eigenvalue weighted by atomic mass is 10.3. The molecule has 0 fully saturated rings. The topological polar surface area (TPSA) is 63.6 Å². The van der Waals surface area contributed by atoms with Crippen LogP contribution in [0, 0.1) is 6.92 Å². The maximum Gasteiger partial charge on any atom is 0.193 e. The van der Waals surface area contributed by atoms with Gasteiger partial charge in [-0.05, 0) is 37.6 Å². The molecule has 1 N–H and O–H groups in total. The highest BCUT2D eigenvalue weighted by molar-refractivity contribution is 7.99. The molecule has 0 aliphatic carbocycles. The molecule has 2 rings (SSSR count). The van der Waals surface area contributed by atoms with Gasteiger partial charge in [0, 0.05) is 30.9 Å². The summed E-state index contributed by atoms with van der Waals surface area (Å²) in [6.45, 7) is 7.23. The van der Waals surface area contributed by atoms with Crippen molar-refractivity contribution in [3.8, 4) is 0 Å². The minimum atomic E-state index is 0.711. The van der Waals surface area contributed by atoms with Crippen LogP contribution in [0.3, 0.4) is 0 Å². The van der Waals surface area contributed by atoms with Gasteiger partial charge in [-0.3, -0.25) is 0 Å². The smallest absolute Gasteiger partial charge is 0.193 e. The van der Waals surface area contributed by atoms with Gasteiger partial charge in [-0.1, -0.05) is 13.8 Å². The van der Waals surface area contributed by atoms with Crippen LogP contribution in [0.4, 0.5) is 5.82 Å². The van der Waals surface area contributed by atoms with Crippen LogP contribution in [-0.4, -0.2) is 26.5 Å². The van der Waals surface area contributed by atoms with Gasteiger partial charge in [0.1, 0.15) is 16.7 Å². The summed E-state index contributed by atoms with van der Waals surface area (Å²) in [5.74, 6) is 1.80. The van der Waals surface area contributed by atoms with Crippen molar-refractivity contribution in [2.45, 2.75) is 50.2 Å². The largest absolute Gasteiger partial charge is 0.370 e. The Hall–Kier alpha value is -1.69. The van der Waals surface area contributed by atoms with Crippen molar-refractivity contribution in [3.63, 3.8) is 0 Å². The summed E-state index contributed by atoms with van der Waals surface area (Å²) in [6.07, 6.45) is 6.47. The van der Waals surface area contributed by atoms with E-state index in [2.05, 4.69) is 39.1 Å². The Morgan fingerprint density at radius 3 is 2.52 bits per heavy atom. The van der Waals surface area contributed by atoms with Crippen molar-refractivity contribution in [2.75, 3.05) is 11.9 Å². The van der Waals surface area contributed by atoms with Crippen LogP contribution in [0.5, 0.6) is 0 Å². The van der Waals surface area contributed by atoms with Gasteiger partial charge in [-0.15, -0.1) is 0 Å². The standard InChI is InChI=1S/C15H21N5S/c1-4-7-12-19-13(16-8-5-2)11(3)14(20-12)21-15-17-9-6-10-18-15/h6,9-10H,4-5,7-8H2,1-3H3,(H,16,19,20). The van der Waals surface area contributed by atoms with Crippen molar-refractivity contribution in [3.05, 3.63) is 29.8 Å². The third kappa shape index (κ3) is 4.39. The summed E-state index contributed by atoms with van der Waals surface area (Å²) < 4.78 is 0. The van der Waals surface area contributed by atoms with Gasteiger partial charge in [0.05, 0.1) is 0 Å². The van der Waals surface area contributed by atoms with Crippen LogP contribution in [-0.2, 0) is 6.42 Å². The van der Waals surface area contributed by atoms with E-state index in [4.69, 9.17) is 0 Å². The van der Waals surface area contributed by atoms with Gasteiger partial charge < -0.3 is 5.32 Å². The van der Waals surface area contributed by atoms with Crippen LogP contribution in [0.2, 0.25) is 0 Å². The molecule has 2 aromatic rings. The minimum Gasteiger partial charge on any atom is -0.370 e. The first-order chi connectivity index (χ1) is 10.2. The van der Waals surface area contributed by atoms with Crippen LogP contribution in [0.25, 0.3) is 0 Å². The SMILES string of the molecule is CCCNc1nc(CCC)nc(Sc2ncccn2)c1C. The molecule has 0 amide bonds. The molecule has 0 atom stereocenters. The van der Waals surface area contributed by atoms with Gasteiger partial charge in [0.15, 0.2) is 5.16 Å². The van der Waals surface area contributed by atoms with Crippen molar-refractivity contribution in [1.29, 1.82) is 0 Å². The molecule has 0 saturated carbocycles. The molecule has 2 aromatic heterocycles. The van der Waals surface area contributed by atoms with Gasteiger partial charge >= 0.3 is 0 Å². The van der Waals surface area contributed by atoms with Crippen molar-refractivity contribution in [2.24, 2.45) is 0 Å². The van der Waals surface area contributed by atoms with E-state index in [0.717, 1.165) is 48.0 Å². The lowest BCUT2D eigenvalue weighted by molar-refractivity contribution is 0.798. The van der Waals surface area contributed by atoms with Gasteiger partial charge in [-0.2, -0.15) is 0 Å². The summed E-state index contributed by atoms with van der Waals surface area (Å²) in [7, 11) is 0. The van der Waals surface area contributed by atoms with Crippen molar-refractivity contribution < 1.29 is 0 Å². The number of hydrogen-bond acceptors (Lipinski definition) is 6. The number of aromatic nitrogens is 4. The maximum absolute atomic E-state index is 4.66. The zero-order valence-corrected chi connectivity index (χ0v) is 13.6. The molecule has 0 aromatic carbocycles. The normalized spacial score (nSPS) is 10.6. The molecular formula is C15H21N5S. The molecule has 2 heterocycles. The fraction of sp³-hybridized carbons (Fsp3) is 0.467. The lowest BCUT2D eigenvalue weighted by Gasteiger charge is -2.12. The summed E-state index contributed by atoms with van der Waals surface area (Å²) in [5, 5.41) is 5.02. The van der Waals surface area contributed by atoms with E-state index in [1.807, 2.05) is 13.0 Å². The summed E-state index contributed by atoms with van der Waals surface area (Å²) >= 11 is 1.49. The molecule has 0 saturated heterocycles. The summed E-state index contributed by atoms with van der Waals surface area (Å²) in [5.41, 5.74) is 1.06. The second-order valence-electron chi connectivity index (χ2n) is 4.73. The van der Waals surface area contributed by atoms with Crippen LogP contribution >= 0.6 is 11.8 Å². The predicted molar refractivity (Wildman–Crippen MR) is 85.7 cm³/mol. The number of anilines is 1. The fourth-order valence-electron chi connectivity index (χ4n) is 1.82. The van der Waals surface area contributed by atoms with Gasteiger partial charge in [0.2, 0.25) is 0 Å². The van der Waals surface area contributed by atoms with E-state index in [0.29, 0.717) is 5.16 Å². The first-order valence-corrected chi connectivity index (χ1v) is 8.12. The van der Waals surface area contributed by atoms with Crippen LogP contribution in [0.1, 0.15) is 38.1 Å². The quantitative estimate of drug-likeness (QED) is 0.624. The number of aryl methyl sites for hydroxylation is 1. The predicted octanol–water partition coefficient (Wildman–Crippen LogP) is 3.50. The Labute approximate surface area is 130 Å². The number of nitrogens with one attached hydrogen (secondary N) is 1. The molecule has 5 nitrogen and oxygen atoms in total. The average Bonchev–Trinajstić information content (AvgIpc) is 2.50. The summed E-state index contributed by atoms with van der Waals surface area (Å²) in [6, 6.07) is 1.81. The molecule has 21 heavy (non-hydrogen) atoms. The van der Waals surface area contributed by atoms with E-state index in [1.165, 1.54) is 11.8 Å². The van der Waals surface area contributed by atoms with E-state index in [-0.39, 0.29) is 0 Å². The Kier molecular flexibility index (Phi) is 5.92. The van der Waals surface area contributed by atoms with E-state index < -0.39 is 0 Å². The first-order valence-electron chi connectivity index (χ1n) is 7.30. The minimum absolute atomic E-state index is 0.711. The van der Waals surface area contributed by atoms with Crippen LogP contribution < -0.4 is 5.32 Å². The summed E-state index contributed by atoms with van der Waals surface area (Å²) in [4.78, 5) is 17.8. The molecule has 0 aliphatic rings. The monoisotopic (exact) mass is 303 g/mol. The van der Waals surface area contributed by atoms with E-state index in [1.54, 1.807) is 12.4 Å². The van der Waals surface area contributed by atoms with Crippen molar-refractivity contribution >= 4 is 17.6 Å². The molecule has 0 spiro atoms.